The van der Waals surface area contributed by atoms with Crippen LogP contribution in [0.5, 0.6) is 0 Å². The van der Waals surface area contributed by atoms with Crippen LogP contribution in [-0.2, 0) is 0 Å². The molecule has 0 aliphatic rings. The van der Waals surface area contributed by atoms with Crippen LogP contribution < -0.4 is 5.73 Å². The second kappa shape index (κ2) is 5.21. The molecule has 1 atom stereocenters. The fourth-order valence-corrected chi connectivity index (χ4v) is 1.76. The highest BCUT2D eigenvalue weighted by molar-refractivity contribution is 5.96. The zero-order valence-corrected chi connectivity index (χ0v) is 11.4. The molecule has 94 valence electrons. The molecule has 1 unspecified atom stereocenters. The molecule has 3 nitrogen and oxygen atoms in total. The summed E-state index contributed by atoms with van der Waals surface area (Å²) in [5.41, 5.74) is 9.25. The van der Waals surface area contributed by atoms with E-state index in [9.17, 15) is 4.79 Å². The van der Waals surface area contributed by atoms with Crippen molar-refractivity contribution in [2.24, 2.45) is 0 Å². The molecule has 0 heterocycles. The monoisotopic (exact) mass is 234 g/mol. The van der Waals surface area contributed by atoms with Gasteiger partial charge < -0.3 is 10.6 Å². The lowest BCUT2D eigenvalue weighted by molar-refractivity contribution is 0.0740. The van der Waals surface area contributed by atoms with Crippen LogP contribution in [-0.4, -0.2) is 23.9 Å². The minimum Gasteiger partial charge on any atom is -0.398 e. The lowest BCUT2D eigenvalue weighted by atomic mass is 10.0. The van der Waals surface area contributed by atoms with Crippen molar-refractivity contribution in [3.8, 4) is 0 Å². The average Bonchev–Trinajstić information content (AvgIpc) is 2.31. The van der Waals surface area contributed by atoms with Crippen LogP contribution in [0.1, 0.15) is 41.8 Å². The van der Waals surface area contributed by atoms with Gasteiger partial charge >= 0.3 is 0 Å². The van der Waals surface area contributed by atoms with Crippen molar-refractivity contribution in [2.75, 3.05) is 12.8 Å². The van der Waals surface area contributed by atoms with E-state index in [0.717, 1.165) is 17.5 Å². The van der Waals surface area contributed by atoms with Crippen molar-refractivity contribution >= 4 is 11.6 Å². The number of rotatable bonds is 3. The normalized spacial score (nSPS) is 12.3. The SMILES string of the molecule is CCC(C)N(C)C(=O)c1cc(N)c(C)cc1C. The molecule has 1 aromatic carbocycles. The van der Waals surface area contributed by atoms with Crippen LogP contribution in [0.4, 0.5) is 5.69 Å². The molecule has 0 aromatic heterocycles. The van der Waals surface area contributed by atoms with Crippen molar-refractivity contribution in [3.05, 3.63) is 28.8 Å². The molecule has 2 N–H and O–H groups in total. The summed E-state index contributed by atoms with van der Waals surface area (Å²) in [5, 5.41) is 0. The number of nitrogens with two attached hydrogens (primary N) is 1. The van der Waals surface area contributed by atoms with E-state index in [-0.39, 0.29) is 11.9 Å². The summed E-state index contributed by atoms with van der Waals surface area (Å²) >= 11 is 0. The van der Waals surface area contributed by atoms with Gasteiger partial charge in [0.05, 0.1) is 0 Å². The topological polar surface area (TPSA) is 46.3 Å². The van der Waals surface area contributed by atoms with Crippen LogP contribution in [0, 0.1) is 13.8 Å². The van der Waals surface area contributed by atoms with E-state index in [1.807, 2.05) is 33.9 Å². The molecule has 0 spiro atoms. The van der Waals surface area contributed by atoms with Gasteiger partial charge in [-0.2, -0.15) is 0 Å². The van der Waals surface area contributed by atoms with Crippen molar-refractivity contribution in [1.29, 1.82) is 0 Å². The maximum absolute atomic E-state index is 12.3. The van der Waals surface area contributed by atoms with Crippen LogP contribution >= 0.6 is 0 Å². The number of aryl methyl sites for hydroxylation is 2. The predicted octanol–water partition coefficient (Wildman–Crippen LogP) is 2.76. The molecular weight excluding hydrogens is 212 g/mol. The van der Waals surface area contributed by atoms with Gasteiger partial charge in [-0.25, -0.2) is 0 Å². The van der Waals surface area contributed by atoms with Gasteiger partial charge in [-0.3, -0.25) is 4.79 Å². The van der Waals surface area contributed by atoms with E-state index < -0.39 is 0 Å². The second-order valence-electron chi connectivity index (χ2n) is 4.70. The number of carbonyl (C=O) groups is 1. The van der Waals surface area contributed by atoms with Gasteiger partial charge in [0.1, 0.15) is 0 Å². The summed E-state index contributed by atoms with van der Waals surface area (Å²) < 4.78 is 0. The molecule has 1 amide bonds. The zero-order valence-electron chi connectivity index (χ0n) is 11.4. The number of nitrogen functional groups attached to an aromatic ring is 1. The largest absolute Gasteiger partial charge is 0.398 e. The molecule has 1 aromatic rings. The van der Waals surface area contributed by atoms with E-state index in [2.05, 4.69) is 6.92 Å². The van der Waals surface area contributed by atoms with Gasteiger partial charge in [-0.05, 0) is 44.4 Å². The van der Waals surface area contributed by atoms with Crippen molar-refractivity contribution < 1.29 is 4.79 Å². The summed E-state index contributed by atoms with van der Waals surface area (Å²) in [7, 11) is 1.84. The Bertz CT molecular complexity index is 426. The smallest absolute Gasteiger partial charge is 0.254 e. The Hall–Kier alpha value is -1.51. The summed E-state index contributed by atoms with van der Waals surface area (Å²) in [6, 6.07) is 3.99. The highest BCUT2D eigenvalue weighted by atomic mass is 16.2. The molecule has 0 fully saturated rings. The number of anilines is 1. The molecule has 17 heavy (non-hydrogen) atoms. The van der Waals surface area contributed by atoms with E-state index in [0.29, 0.717) is 11.3 Å². The third-order valence-corrected chi connectivity index (χ3v) is 3.42. The number of amides is 1. The summed E-state index contributed by atoms with van der Waals surface area (Å²) in [6.45, 7) is 8.02. The Balaban J connectivity index is 3.08. The van der Waals surface area contributed by atoms with E-state index in [1.165, 1.54) is 0 Å². The minimum atomic E-state index is 0.0450. The average molecular weight is 234 g/mol. The number of nitrogens with zero attached hydrogens (tertiary/aromatic N) is 1. The van der Waals surface area contributed by atoms with Gasteiger partial charge in [0, 0.05) is 24.3 Å². The standard InChI is InChI=1S/C14H22N2O/c1-6-11(4)16(5)14(17)12-8-13(15)10(3)7-9(12)2/h7-8,11H,6,15H2,1-5H3. The van der Waals surface area contributed by atoms with Gasteiger partial charge in [0.25, 0.3) is 5.91 Å². The Kier molecular flexibility index (Phi) is 4.16. The van der Waals surface area contributed by atoms with Crippen molar-refractivity contribution in [3.63, 3.8) is 0 Å². The van der Waals surface area contributed by atoms with Crippen molar-refractivity contribution in [2.45, 2.75) is 40.2 Å². The number of hydrogen-bond donors (Lipinski definition) is 1. The summed E-state index contributed by atoms with van der Waals surface area (Å²) in [5.74, 6) is 0.0450. The van der Waals surface area contributed by atoms with E-state index in [1.54, 1.807) is 11.0 Å². The predicted molar refractivity (Wildman–Crippen MR) is 72.2 cm³/mol. The molecule has 0 aliphatic carbocycles. The first-order chi connectivity index (χ1) is 7.88. The maximum atomic E-state index is 12.3. The molecule has 0 saturated heterocycles. The highest BCUT2D eigenvalue weighted by Crippen LogP contribution is 2.20. The molecule has 0 bridgehead atoms. The fourth-order valence-electron chi connectivity index (χ4n) is 1.76. The molecule has 1 rings (SSSR count). The summed E-state index contributed by atoms with van der Waals surface area (Å²) in [4.78, 5) is 14.1. The second-order valence-corrected chi connectivity index (χ2v) is 4.70. The Morgan fingerprint density at radius 1 is 1.35 bits per heavy atom. The van der Waals surface area contributed by atoms with Crippen LogP contribution in [0.3, 0.4) is 0 Å². The van der Waals surface area contributed by atoms with Crippen LogP contribution in [0.25, 0.3) is 0 Å². The highest BCUT2D eigenvalue weighted by Gasteiger charge is 2.18. The lowest BCUT2D eigenvalue weighted by Gasteiger charge is -2.25. The fraction of sp³-hybridized carbons (Fsp3) is 0.500. The van der Waals surface area contributed by atoms with Crippen LogP contribution in [0.2, 0.25) is 0 Å². The third kappa shape index (κ3) is 2.78. The Morgan fingerprint density at radius 2 is 1.94 bits per heavy atom. The van der Waals surface area contributed by atoms with Gasteiger partial charge in [-0.1, -0.05) is 13.0 Å². The zero-order chi connectivity index (χ0) is 13.2. The number of benzene rings is 1. The first-order valence-electron chi connectivity index (χ1n) is 6.02. The molecule has 0 aliphatic heterocycles. The summed E-state index contributed by atoms with van der Waals surface area (Å²) in [6.07, 6.45) is 0.947. The number of carbonyl (C=O) groups excluding carboxylic acids is 1. The third-order valence-electron chi connectivity index (χ3n) is 3.42. The molecular formula is C14H22N2O. The van der Waals surface area contributed by atoms with Gasteiger partial charge in [0.15, 0.2) is 0 Å². The van der Waals surface area contributed by atoms with Gasteiger partial charge in [-0.15, -0.1) is 0 Å². The van der Waals surface area contributed by atoms with E-state index >= 15 is 0 Å². The van der Waals surface area contributed by atoms with Crippen LogP contribution in [0.15, 0.2) is 12.1 Å². The minimum absolute atomic E-state index is 0.0450. The first kappa shape index (κ1) is 13.6. The van der Waals surface area contributed by atoms with E-state index in [4.69, 9.17) is 5.73 Å². The molecule has 3 heteroatoms. The number of hydrogen-bond acceptors (Lipinski definition) is 2. The maximum Gasteiger partial charge on any atom is 0.254 e. The molecule has 0 radical (unpaired) electrons. The quantitative estimate of drug-likeness (QED) is 0.817. The lowest BCUT2D eigenvalue weighted by Crippen LogP contribution is -2.35. The van der Waals surface area contributed by atoms with Crippen molar-refractivity contribution in [1.82, 2.24) is 4.90 Å². The Morgan fingerprint density at radius 3 is 2.47 bits per heavy atom. The van der Waals surface area contributed by atoms with Gasteiger partial charge in [0.2, 0.25) is 0 Å². The Labute approximate surface area is 104 Å². The molecule has 0 saturated carbocycles. The first-order valence-corrected chi connectivity index (χ1v) is 6.02.